The summed E-state index contributed by atoms with van der Waals surface area (Å²) in [5, 5.41) is 6.73. The van der Waals surface area contributed by atoms with E-state index in [4.69, 9.17) is 9.47 Å². The third-order valence-electron chi connectivity index (χ3n) is 4.15. The van der Waals surface area contributed by atoms with Crippen molar-refractivity contribution in [3.63, 3.8) is 0 Å². The van der Waals surface area contributed by atoms with Crippen LogP contribution in [0.1, 0.15) is 24.5 Å². The van der Waals surface area contributed by atoms with Crippen molar-refractivity contribution in [1.29, 1.82) is 0 Å². The van der Waals surface area contributed by atoms with Crippen molar-refractivity contribution in [1.82, 2.24) is 15.5 Å². The highest BCUT2D eigenvalue weighted by Gasteiger charge is 2.09. The minimum Gasteiger partial charge on any atom is -0.380 e. The van der Waals surface area contributed by atoms with Crippen molar-refractivity contribution < 1.29 is 9.47 Å². The molecule has 1 heterocycles. The first kappa shape index (κ1) is 23.1. The number of nitrogens with zero attached hydrogens (tertiary/aromatic N) is 2. The number of hydrogen-bond donors (Lipinski definition) is 2. The molecule has 2 N–H and O–H groups in total. The fraction of sp³-hybridized carbons (Fsp3) is 0.632. The largest absolute Gasteiger partial charge is 0.380 e. The third-order valence-corrected chi connectivity index (χ3v) is 4.15. The van der Waals surface area contributed by atoms with Crippen LogP contribution in [0.2, 0.25) is 0 Å². The molecule has 0 bridgehead atoms. The monoisotopic (exact) mass is 476 g/mol. The van der Waals surface area contributed by atoms with Gasteiger partial charge < -0.3 is 20.1 Å². The molecule has 0 spiro atoms. The number of guanidine groups is 1. The molecule has 0 aliphatic carbocycles. The molecule has 1 aliphatic heterocycles. The van der Waals surface area contributed by atoms with Crippen LogP contribution in [-0.2, 0) is 22.6 Å². The first-order chi connectivity index (χ1) is 12.3. The molecular formula is C19H33IN4O2. The zero-order valence-corrected chi connectivity index (χ0v) is 18.3. The van der Waals surface area contributed by atoms with Gasteiger partial charge in [-0.3, -0.25) is 4.90 Å². The van der Waals surface area contributed by atoms with E-state index in [1.54, 1.807) is 7.11 Å². The summed E-state index contributed by atoms with van der Waals surface area (Å²) in [5.41, 5.74) is 2.38. The lowest BCUT2D eigenvalue weighted by atomic mass is 10.1. The van der Waals surface area contributed by atoms with E-state index in [-0.39, 0.29) is 24.0 Å². The molecule has 1 aromatic rings. The summed E-state index contributed by atoms with van der Waals surface area (Å²) in [4.78, 5) is 7.13. The quantitative estimate of drug-likeness (QED) is 0.248. The second-order valence-corrected chi connectivity index (χ2v) is 6.18. The first-order valence-electron chi connectivity index (χ1n) is 9.21. The van der Waals surface area contributed by atoms with E-state index in [2.05, 4.69) is 51.7 Å². The standard InChI is InChI=1S/C19H32N4O2.HI/c1-3-20-19(21-9-4-10-23-11-13-25-14-12-23)22-15-17-5-7-18(8-6-17)16-24-2;/h5-8H,3-4,9-16H2,1-2H3,(H2,20,21,22);1H. The van der Waals surface area contributed by atoms with Crippen molar-refractivity contribution in [2.24, 2.45) is 4.99 Å². The predicted octanol–water partition coefficient (Wildman–Crippen LogP) is 2.23. The zero-order chi connectivity index (χ0) is 17.7. The molecule has 148 valence electrons. The Bertz CT molecular complexity index is 505. The molecule has 1 saturated heterocycles. The van der Waals surface area contributed by atoms with Gasteiger partial charge in [0.1, 0.15) is 0 Å². The van der Waals surface area contributed by atoms with Crippen LogP contribution < -0.4 is 10.6 Å². The smallest absolute Gasteiger partial charge is 0.191 e. The number of methoxy groups -OCH3 is 1. The van der Waals surface area contributed by atoms with Crippen molar-refractivity contribution >= 4 is 29.9 Å². The Balaban J connectivity index is 0.00000338. The van der Waals surface area contributed by atoms with Crippen LogP contribution in [0.4, 0.5) is 0 Å². The minimum absolute atomic E-state index is 0. The van der Waals surface area contributed by atoms with Crippen LogP contribution in [0, 0.1) is 0 Å². The predicted molar refractivity (Wildman–Crippen MR) is 117 cm³/mol. The van der Waals surface area contributed by atoms with Crippen molar-refractivity contribution in [2.75, 3.05) is 53.0 Å². The molecule has 6 nitrogen and oxygen atoms in total. The minimum atomic E-state index is 0. The van der Waals surface area contributed by atoms with Crippen molar-refractivity contribution in [2.45, 2.75) is 26.5 Å². The topological polar surface area (TPSA) is 58.1 Å². The second kappa shape index (κ2) is 14.2. The summed E-state index contributed by atoms with van der Waals surface area (Å²) in [7, 11) is 1.71. The maximum absolute atomic E-state index is 5.38. The third kappa shape index (κ3) is 9.16. The number of benzene rings is 1. The van der Waals surface area contributed by atoms with Crippen molar-refractivity contribution in [3.8, 4) is 0 Å². The Kier molecular flexibility index (Phi) is 12.6. The molecule has 7 heteroatoms. The van der Waals surface area contributed by atoms with Crippen LogP contribution in [0.3, 0.4) is 0 Å². The molecule has 1 aliphatic rings. The molecule has 0 saturated carbocycles. The van der Waals surface area contributed by atoms with Crippen LogP contribution >= 0.6 is 24.0 Å². The Morgan fingerprint density at radius 2 is 1.85 bits per heavy atom. The summed E-state index contributed by atoms with van der Waals surface area (Å²) in [5.74, 6) is 0.880. The van der Waals surface area contributed by atoms with Crippen molar-refractivity contribution in [3.05, 3.63) is 35.4 Å². The average Bonchev–Trinajstić information content (AvgIpc) is 2.65. The van der Waals surface area contributed by atoms with E-state index in [0.29, 0.717) is 13.2 Å². The molecule has 0 amide bonds. The molecule has 2 rings (SSSR count). The van der Waals surface area contributed by atoms with E-state index in [1.165, 1.54) is 11.1 Å². The van der Waals surface area contributed by atoms with Gasteiger partial charge in [0.25, 0.3) is 0 Å². The Morgan fingerprint density at radius 1 is 1.15 bits per heavy atom. The van der Waals surface area contributed by atoms with Crippen LogP contribution in [0.15, 0.2) is 29.3 Å². The van der Waals surface area contributed by atoms with E-state index in [1.807, 2.05) is 0 Å². The lowest BCUT2D eigenvalue weighted by molar-refractivity contribution is 0.0376. The number of rotatable bonds is 9. The summed E-state index contributed by atoms with van der Waals surface area (Å²) in [6.45, 7) is 10.1. The molecule has 0 atom stereocenters. The van der Waals surface area contributed by atoms with Gasteiger partial charge in [0, 0.05) is 33.3 Å². The fourth-order valence-electron chi connectivity index (χ4n) is 2.75. The number of aliphatic imine (C=N–C) groups is 1. The maximum atomic E-state index is 5.38. The van der Waals surface area contributed by atoms with Gasteiger partial charge in [-0.25, -0.2) is 4.99 Å². The Hall–Kier alpha value is -0.900. The van der Waals surface area contributed by atoms with Gasteiger partial charge in [0.2, 0.25) is 0 Å². The first-order valence-corrected chi connectivity index (χ1v) is 9.21. The number of nitrogens with one attached hydrogen (secondary N) is 2. The normalized spacial score (nSPS) is 15.4. The molecule has 0 radical (unpaired) electrons. The molecule has 0 unspecified atom stereocenters. The van der Waals surface area contributed by atoms with E-state index in [0.717, 1.165) is 58.3 Å². The van der Waals surface area contributed by atoms with Gasteiger partial charge in [0.05, 0.1) is 26.4 Å². The van der Waals surface area contributed by atoms with E-state index in [9.17, 15) is 0 Å². The molecule has 1 aromatic carbocycles. The lowest BCUT2D eigenvalue weighted by Crippen LogP contribution is -2.40. The Morgan fingerprint density at radius 3 is 2.50 bits per heavy atom. The summed E-state index contributed by atoms with van der Waals surface area (Å²) < 4.78 is 10.5. The lowest BCUT2D eigenvalue weighted by Gasteiger charge is -2.26. The van der Waals surface area contributed by atoms with Gasteiger partial charge in [-0.05, 0) is 31.0 Å². The van der Waals surface area contributed by atoms with Gasteiger partial charge >= 0.3 is 0 Å². The SMILES string of the molecule is CCNC(=NCc1ccc(COC)cc1)NCCCN1CCOCC1.I. The summed E-state index contributed by atoms with van der Waals surface area (Å²) in [6, 6.07) is 8.41. The molecular weight excluding hydrogens is 443 g/mol. The van der Waals surface area contributed by atoms with Gasteiger partial charge in [-0.1, -0.05) is 24.3 Å². The summed E-state index contributed by atoms with van der Waals surface area (Å²) >= 11 is 0. The summed E-state index contributed by atoms with van der Waals surface area (Å²) in [6.07, 6.45) is 1.11. The molecule has 0 aromatic heterocycles. The number of halogens is 1. The fourth-order valence-corrected chi connectivity index (χ4v) is 2.75. The highest BCUT2D eigenvalue weighted by molar-refractivity contribution is 14.0. The highest BCUT2D eigenvalue weighted by atomic mass is 127. The molecule has 1 fully saturated rings. The van der Waals surface area contributed by atoms with Gasteiger partial charge in [0.15, 0.2) is 5.96 Å². The average molecular weight is 476 g/mol. The molecule has 26 heavy (non-hydrogen) atoms. The van der Waals surface area contributed by atoms with Crippen LogP contribution in [0.5, 0.6) is 0 Å². The number of ether oxygens (including phenoxy) is 2. The van der Waals surface area contributed by atoms with Crippen LogP contribution in [-0.4, -0.2) is 63.9 Å². The Labute approximate surface area is 174 Å². The highest BCUT2D eigenvalue weighted by Crippen LogP contribution is 2.06. The van der Waals surface area contributed by atoms with E-state index < -0.39 is 0 Å². The van der Waals surface area contributed by atoms with Gasteiger partial charge in [-0.15, -0.1) is 24.0 Å². The number of morpholine rings is 1. The van der Waals surface area contributed by atoms with Gasteiger partial charge in [-0.2, -0.15) is 0 Å². The second-order valence-electron chi connectivity index (χ2n) is 6.18. The van der Waals surface area contributed by atoms with Crippen LogP contribution in [0.25, 0.3) is 0 Å². The maximum Gasteiger partial charge on any atom is 0.191 e. The number of hydrogen-bond acceptors (Lipinski definition) is 4. The van der Waals surface area contributed by atoms with E-state index >= 15 is 0 Å². The zero-order valence-electron chi connectivity index (χ0n) is 16.0.